The van der Waals surface area contributed by atoms with Gasteiger partial charge in [-0.25, -0.2) is 0 Å². The normalized spacial score (nSPS) is 12.1. The fourth-order valence-corrected chi connectivity index (χ4v) is 4.56. The van der Waals surface area contributed by atoms with E-state index in [9.17, 15) is 0 Å². The quantitative estimate of drug-likeness (QED) is 0.484. The number of aryl methyl sites for hydroxylation is 1. The second-order valence-corrected chi connectivity index (χ2v) is 8.48. The van der Waals surface area contributed by atoms with Gasteiger partial charge in [-0.3, -0.25) is 0 Å². The molecule has 1 N–H and O–H groups in total. The van der Waals surface area contributed by atoms with E-state index in [-0.39, 0.29) is 5.25 Å². The Bertz CT molecular complexity index is 1030. The first-order valence-electron chi connectivity index (χ1n) is 8.36. The zero-order chi connectivity index (χ0) is 18.6. The molecule has 2 aromatic carbocycles. The lowest BCUT2D eigenvalue weighted by molar-refractivity contribution is 0.762. The Morgan fingerprint density at radius 2 is 1.89 bits per heavy atom. The zero-order valence-electron chi connectivity index (χ0n) is 14.8. The fourth-order valence-electron chi connectivity index (χ4n) is 2.56. The largest absolute Gasteiger partial charge is 0.330 e. The van der Waals surface area contributed by atoms with Crippen LogP contribution in [0.4, 0.5) is 10.8 Å². The molecule has 2 heterocycles. The third-order valence-electron chi connectivity index (χ3n) is 3.81. The maximum absolute atomic E-state index is 4.28. The topological polar surface area (TPSA) is 81.4 Å². The molecule has 0 radical (unpaired) electrons. The third-order valence-corrected chi connectivity index (χ3v) is 5.83. The lowest BCUT2D eigenvalue weighted by Gasteiger charge is -2.09. The summed E-state index contributed by atoms with van der Waals surface area (Å²) in [5.74, 6) is 0.773. The van der Waals surface area contributed by atoms with Gasteiger partial charge in [0.1, 0.15) is 0 Å². The average Bonchev–Trinajstić information content (AvgIpc) is 3.32. The molecule has 7 nitrogen and oxygen atoms in total. The Hall–Kier alpha value is -2.78. The molecule has 1 unspecified atom stereocenters. The Morgan fingerprint density at radius 1 is 1.04 bits per heavy atom. The van der Waals surface area contributed by atoms with E-state index in [4.69, 9.17) is 0 Å². The predicted octanol–water partition coefficient (Wildman–Crippen LogP) is 4.42. The SMILES string of the molecule is Cc1cccc(Nc2nnc(SC(C)c3nnnn3-c3ccccc3)s2)c1. The van der Waals surface area contributed by atoms with Crippen LogP contribution >= 0.6 is 23.1 Å². The van der Waals surface area contributed by atoms with Gasteiger partial charge in [0, 0.05) is 5.69 Å². The van der Waals surface area contributed by atoms with Crippen molar-refractivity contribution in [3.8, 4) is 5.69 Å². The second kappa shape index (κ2) is 7.85. The van der Waals surface area contributed by atoms with E-state index in [2.05, 4.69) is 57.0 Å². The summed E-state index contributed by atoms with van der Waals surface area (Å²) in [6, 6.07) is 18.0. The molecule has 0 aliphatic carbocycles. The van der Waals surface area contributed by atoms with Gasteiger partial charge in [0.15, 0.2) is 10.2 Å². The number of para-hydroxylation sites is 1. The van der Waals surface area contributed by atoms with Gasteiger partial charge in [0.25, 0.3) is 0 Å². The summed E-state index contributed by atoms with van der Waals surface area (Å²) in [6.45, 7) is 4.12. The van der Waals surface area contributed by atoms with Crippen molar-refractivity contribution in [2.45, 2.75) is 23.4 Å². The molecule has 0 bridgehead atoms. The van der Waals surface area contributed by atoms with Gasteiger partial charge < -0.3 is 5.32 Å². The van der Waals surface area contributed by atoms with Gasteiger partial charge in [-0.05, 0) is 54.1 Å². The molecule has 0 fully saturated rings. The second-order valence-electron chi connectivity index (χ2n) is 5.91. The highest BCUT2D eigenvalue weighted by atomic mass is 32.2. The van der Waals surface area contributed by atoms with Gasteiger partial charge in [-0.1, -0.05) is 53.4 Å². The van der Waals surface area contributed by atoms with E-state index in [1.54, 1.807) is 16.4 Å². The highest BCUT2D eigenvalue weighted by molar-refractivity contribution is 8.01. The molecule has 27 heavy (non-hydrogen) atoms. The van der Waals surface area contributed by atoms with Crippen LogP contribution in [-0.2, 0) is 0 Å². The molecule has 0 spiro atoms. The Kier molecular flexibility index (Phi) is 5.12. The van der Waals surface area contributed by atoms with Crippen LogP contribution in [0.1, 0.15) is 23.6 Å². The number of nitrogens with zero attached hydrogens (tertiary/aromatic N) is 6. The highest BCUT2D eigenvalue weighted by Gasteiger charge is 2.19. The molecular formula is C18H17N7S2. The van der Waals surface area contributed by atoms with Crippen molar-refractivity contribution in [3.05, 3.63) is 66.0 Å². The molecule has 2 aromatic heterocycles. The number of tetrazole rings is 1. The monoisotopic (exact) mass is 395 g/mol. The van der Waals surface area contributed by atoms with Gasteiger partial charge in [0.05, 0.1) is 10.9 Å². The third kappa shape index (κ3) is 4.15. The van der Waals surface area contributed by atoms with Crippen LogP contribution in [0.25, 0.3) is 5.69 Å². The lowest BCUT2D eigenvalue weighted by Crippen LogP contribution is -2.04. The van der Waals surface area contributed by atoms with Crippen LogP contribution in [0, 0.1) is 6.92 Å². The number of nitrogens with one attached hydrogen (secondary N) is 1. The van der Waals surface area contributed by atoms with Crippen LogP contribution < -0.4 is 5.32 Å². The maximum atomic E-state index is 4.28. The van der Waals surface area contributed by atoms with E-state index < -0.39 is 0 Å². The summed E-state index contributed by atoms with van der Waals surface area (Å²) in [5, 5.41) is 24.7. The number of aromatic nitrogens is 6. The van der Waals surface area contributed by atoms with Crippen LogP contribution in [0.5, 0.6) is 0 Å². The number of hydrogen-bond acceptors (Lipinski definition) is 8. The minimum absolute atomic E-state index is 0.0278. The molecule has 4 rings (SSSR count). The lowest BCUT2D eigenvalue weighted by atomic mass is 10.2. The molecule has 4 aromatic rings. The molecule has 0 aliphatic rings. The van der Waals surface area contributed by atoms with E-state index in [0.29, 0.717) is 0 Å². The molecule has 136 valence electrons. The first-order valence-corrected chi connectivity index (χ1v) is 10.1. The molecule has 0 saturated carbocycles. The average molecular weight is 396 g/mol. The van der Waals surface area contributed by atoms with Crippen LogP contribution in [-0.4, -0.2) is 30.4 Å². The van der Waals surface area contributed by atoms with Crippen LogP contribution in [0.15, 0.2) is 58.9 Å². The standard InChI is InChI=1S/C18H17N7S2/c1-12-7-6-8-14(11-12)19-17-21-22-18(27-17)26-13(2)16-20-23-24-25(16)15-9-4-3-5-10-15/h3-11,13H,1-2H3,(H,19,21). The summed E-state index contributed by atoms with van der Waals surface area (Å²) in [6.07, 6.45) is 0. The molecule has 9 heteroatoms. The van der Waals surface area contributed by atoms with Gasteiger partial charge in [0.2, 0.25) is 5.13 Å². The minimum atomic E-state index is 0.0278. The number of hydrogen-bond donors (Lipinski definition) is 1. The highest BCUT2D eigenvalue weighted by Crippen LogP contribution is 2.37. The number of benzene rings is 2. The summed E-state index contributed by atoms with van der Waals surface area (Å²) in [4.78, 5) is 0. The van der Waals surface area contributed by atoms with E-state index in [1.807, 2.05) is 42.5 Å². The van der Waals surface area contributed by atoms with Crippen molar-refractivity contribution >= 4 is 33.9 Å². The molecule has 0 saturated heterocycles. The minimum Gasteiger partial charge on any atom is -0.330 e. The van der Waals surface area contributed by atoms with Crippen molar-refractivity contribution < 1.29 is 0 Å². The molecule has 0 amide bonds. The molecule has 1 atom stereocenters. The van der Waals surface area contributed by atoms with E-state index >= 15 is 0 Å². The first-order chi connectivity index (χ1) is 13.2. The molecular weight excluding hydrogens is 378 g/mol. The predicted molar refractivity (Wildman–Crippen MR) is 108 cm³/mol. The van der Waals surface area contributed by atoms with E-state index in [1.165, 1.54) is 16.9 Å². The summed E-state index contributed by atoms with van der Waals surface area (Å²) < 4.78 is 2.62. The molecule has 0 aliphatic heterocycles. The summed E-state index contributed by atoms with van der Waals surface area (Å²) >= 11 is 3.10. The summed E-state index contributed by atoms with van der Waals surface area (Å²) in [7, 11) is 0. The Labute approximate surface area is 164 Å². The maximum Gasteiger partial charge on any atom is 0.210 e. The van der Waals surface area contributed by atoms with Crippen LogP contribution in [0.3, 0.4) is 0 Å². The van der Waals surface area contributed by atoms with Gasteiger partial charge in [-0.2, -0.15) is 4.68 Å². The van der Waals surface area contributed by atoms with Crippen molar-refractivity contribution in [2.24, 2.45) is 0 Å². The summed E-state index contributed by atoms with van der Waals surface area (Å²) in [5.41, 5.74) is 3.13. The van der Waals surface area contributed by atoms with Crippen molar-refractivity contribution in [1.82, 2.24) is 30.4 Å². The van der Waals surface area contributed by atoms with Crippen molar-refractivity contribution in [3.63, 3.8) is 0 Å². The zero-order valence-corrected chi connectivity index (χ0v) is 16.4. The fraction of sp³-hybridized carbons (Fsp3) is 0.167. The number of thioether (sulfide) groups is 1. The smallest absolute Gasteiger partial charge is 0.210 e. The number of rotatable bonds is 6. The Balaban J connectivity index is 1.48. The number of anilines is 2. The van der Waals surface area contributed by atoms with Crippen molar-refractivity contribution in [1.29, 1.82) is 0 Å². The van der Waals surface area contributed by atoms with Crippen LogP contribution in [0.2, 0.25) is 0 Å². The first kappa shape index (κ1) is 17.6. The van der Waals surface area contributed by atoms with E-state index in [0.717, 1.165) is 26.7 Å². The van der Waals surface area contributed by atoms with Crippen molar-refractivity contribution in [2.75, 3.05) is 5.32 Å². The van der Waals surface area contributed by atoms with Gasteiger partial charge in [-0.15, -0.1) is 15.3 Å². The van der Waals surface area contributed by atoms with Gasteiger partial charge >= 0.3 is 0 Å². The Morgan fingerprint density at radius 3 is 2.70 bits per heavy atom.